The second-order valence-corrected chi connectivity index (χ2v) is 18.2. The Balaban J connectivity index is 0.00000760. The van der Waals surface area contributed by atoms with Crippen molar-refractivity contribution in [2.75, 3.05) is 0 Å². The van der Waals surface area contributed by atoms with E-state index < -0.39 is 31.9 Å². The second-order valence-electron chi connectivity index (χ2n) is 18.2. The minimum atomic E-state index is -3.37. The van der Waals surface area contributed by atoms with Gasteiger partial charge >= 0.3 is 0 Å². The van der Waals surface area contributed by atoms with Crippen LogP contribution in [0.2, 0.25) is 0 Å². The van der Waals surface area contributed by atoms with Gasteiger partial charge in [-0.25, -0.2) is 4.98 Å². The van der Waals surface area contributed by atoms with Crippen LogP contribution in [0.25, 0.3) is 72.7 Å². The van der Waals surface area contributed by atoms with Gasteiger partial charge in [0.25, 0.3) is 0 Å². The molecular weight excluding hydrogens is 938 g/mol. The van der Waals surface area contributed by atoms with E-state index >= 15 is 0 Å². The molecule has 0 saturated carbocycles. The SMILES string of the molecule is [2H]C(C)(C)c1ccc(-n2c(-c3ccccc3O)nc3c(-c4[c-]c(-c5cc(-c6ccc(C(C([2H])([2H])[2H])(C([2H])([2H])[2H])C([2H])([2H])[2H])cc6)ccn5)cc(C(C)(C)C)c4)cccc32)c(-c2ccc(C(C)(C)C)cc2)c1.[Pt]. The van der Waals surface area contributed by atoms with Crippen molar-refractivity contribution < 1.29 is 39.9 Å². The van der Waals surface area contributed by atoms with Crippen LogP contribution in [0.4, 0.5) is 0 Å². The number of phenolic OH excluding ortho intramolecular Hbond substituents is 1. The van der Waals surface area contributed by atoms with Crippen molar-refractivity contribution in [3.63, 3.8) is 0 Å². The van der Waals surface area contributed by atoms with Crippen LogP contribution < -0.4 is 0 Å². The van der Waals surface area contributed by atoms with Crippen LogP contribution in [-0.4, -0.2) is 19.6 Å². The summed E-state index contributed by atoms with van der Waals surface area (Å²) in [4.78, 5) is 10.2. The number of aromatic nitrogens is 3. The molecule has 0 spiro atoms. The van der Waals surface area contributed by atoms with E-state index in [1.165, 1.54) is 17.7 Å². The number of phenols is 1. The quantitative estimate of drug-likeness (QED) is 0.162. The molecule has 0 atom stereocenters. The minimum Gasteiger partial charge on any atom is -0.507 e. The van der Waals surface area contributed by atoms with Crippen LogP contribution in [0.3, 0.4) is 0 Å². The van der Waals surface area contributed by atoms with Crippen molar-refractivity contribution in [1.29, 1.82) is 0 Å². The second kappa shape index (κ2) is 16.9. The molecule has 0 aliphatic rings. The Bertz CT molecular complexity index is 3240. The fraction of sp³-hybridized carbons (Fsp3) is 0.263. The topological polar surface area (TPSA) is 50.9 Å². The van der Waals surface area contributed by atoms with Crippen LogP contribution in [0.1, 0.15) is 118 Å². The maximum absolute atomic E-state index is 11.5. The maximum Gasteiger partial charge on any atom is 0.148 e. The zero-order valence-corrected chi connectivity index (χ0v) is 38.7. The molecule has 8 aromatic rings. The fourth-order valence-corrected chi connectivity index (χ4v) is 7.78. The van der Waals surface area contributed by atoms with Gasteiger partial charge in [0, 0.05) is 52.2 Å². The first-order valence-electron chi connectivity index (χ1n) is 25.6. The summed E-state index contributed by atoms with van der Waals surface area (Å²) in [6.45, 7) is 6.57. The maximum atomic E-state index is 11.5. The third-order valence-corrected chi connectivity index (χ3v) is 11.4. The number of nitrogens with zero attached hydrogens (tertiary/aromatic N) is 3. The first-order valence-corrected chi connectivity index (χ1v) is 20.6. The zero-order chi connectivity index (χ0) is 51.9. The van der Waals surface area contributed by atoms with Gasteiger partial charge in [0.05, 0.1) is 22.3 Å². The number of hydrogen-bond donors (Lipinski definition) is 1. The number of para-hydroxylation sites is 2. The van der Waals surface area contributed by atoms with Gasteiger partial charge in [-0.15, -0.1) is 29.3 Å². The van der Waals surface area contributed by atoms with Crippen LogP contribution in [0, 0.1) is 6.07 Å². The van der Waals surface area contributed by atoms with Crippen molar-refractivity contribution in [2.24, 2.45) is 0 Å². The van der Waals surface area contributed by atoms with E-state index in [9.17, 15) is 5.11 Å². The number of hydrogen-bond acceptors (Lipinski definition) is 3. The molecule has 6 aromatic carbocycles. The van der Waals surface area contributed by atoms with Gasteiger partial charge in [0.15, 0.2) is 0 Å². The average Bonchev–Trinajstić information content (AvgIpc) is 3.66. The Morgan fingerprint density at radius 1 is 0.613 bits per heavy atom. The molecule has 2 aromatic heterocycles. The molecule has 318 valence electrons. The van der Waals surface area contributed by atoms with Crippen LogP contribution >= 0.6 is 0 Å². The van der Waals surface area contributed by atoms with E-state index in [0.29, 0.717) is 39.3 Å². The molecular formula is C57H58N3OPt-. The van der Waals surface area contributed by atoms with E-state index in [1.54, 1.807) is 36.5 Å². The molecule has 0 fully saturated rings. The first-order chi connectivity index (χ1) is 32.9. The summed E-state index contributed by atoms with van der Waals surface area (Å²) in [5, 5.41) is 11.5. The first kappa shape index (κ1) is 33.0. The summed E-state index contributed by atoms with van der Waals surface area (Å²) in [5.41, 5.74) is 7.98. The summed E-state index contributed by atoms with van der Waals surface area (Å²) >= 11 is 0. The number of benzene rings is 6. The Morgan fingerprint density at radius 3 is 1.89 bits per heavy atom. The number of fused-ring (bicyclic) bond motifs is 1. The summed E-state index contributed by atoms with van der Waals surface area (Å²) in [6.07, 6.45) is 1.65. The standard InChI is InChI=1S/C57H58N3O.Pt/c1-36(2)39-23-28-50(48(34-39)38-21-26-44(27-22-38)56(6,7)8)60-51-17-14-16-46(53(51)59-54(60)47-15-12-13-18-52(47)61)41-31-42(33-45(32-41)57(9,10)11)49-35-40(29-30-58-49)37-19-24-43(25-20-37)55(3,4)5;/h12-30,32-36,61H,1-11H3;/q-1;/i3D3,4D3,5D3,36D;. The summed E-state index contributed by atoms with van der Waals surface area (Å²) in [5.74, 6) is -0.288. The molecule has 0 radical (unpaired) electrons. The predicted octanol–water partition coefficient (Wildman–Crippen LogP) is 15.3. The van der Waals surface area contributed by atoms with E-state index in [1.807, 2.05) is 62.4 Å². The van der Waals surface area contributed by atoms with E-state index in [0.717, 1.165) is 44.6 Å². The largest absolute Gasteiger partial charge is 0.507 e. The molecule has 0 amide bonds. The van der Waals surface area contributed by atoms with Crippen LogP contribution in [0.15, 0.2) is 140 Å². The molecule has 0 aliphatic carbocycles. The summed E-state index contributed by atoms with van der Waals surface area (Å²) in [7, 11) is 0. The third kappa shape index (κ3) is 8.86. The van der Waals surface area contributed by atoms with Crippen molar-refractivity contribution in [1.82, 2.24) is 14.5 Å². The molecule has 0 unspecified atom stereocenters. The van der Waals surface area contributed by atoms with Crippen molar-refractivity contribution in [3.8, 4) is 67.5 Å². The van der Waals surface area contributed by atoms with Crippen molar-refractivity contribution in [3.05, 3.63) is 168 Å². The van der Waals surface area contributed by atoms with Gasteiger partial charge in [0.2, 0.25) is 0 Å². The molecule has 0 saturated heterocycles. The van der Waals surface area contributed by atoms with Crippen LogP contribution in [-0.2, 0) is 37.3 Å². The van der Waals surface area contributed by atoms with Gasteiger partial charge < -0.3 is 5.11 Å². The summed E-state index contributed by atoms with van der Waals surface area (Å²) in [6, 6.07) is 45.0. The average molecular weight is 1010 g/mol. The minimum absolute atomic E-state index is 0. The molecule has 62 heavy (non-hydrogen) atoms. The molecule has 0 bridgehead atoms. The van der Waals surface area contributed by atoms with Gasteiger partial charge in [0.1, 0.15) is 11.6 Å². The van der Waals surface area contributed by atoms with Gasteiger partial charge in [-0.1, -0.05) is 172 Å². The number of rotatable bonds is 7. The van der Waals surface area contributed by atoms with E-state index in [-0.39, 0.29) is 43.2 Å². The third-order valence-electron chi connectivity index (χ3n) is 11.4. The summed E-state index contributed by atoms with van der Waals surface area (Å²) < 4.78 is 84.7. The Hall–Kier alpha value is -5.57. The van der Waals surface area contributed by atoms with Gasteiger partial charge in [-0.2, -0.15) is 0 Å². The molecule has 4 nitrogen and oxygen atoms in total. The normalized spacial score (nSPS) is 15.4. The molecule has 2 heterocycles. The Kier molecular flexibility index (Phi) is 9.03. The molecule has 1 N–H and O–H groups in total. The monoisotopic (exact) mass is 1010 g/mol. The van der Waals surface area contributed by atoms with E-state index in [2.05, 4.69) is 94.6 Å². The molecule has 5 heteroatoms. The fourth-order valence-electron chi connectivity index (χ4n) is 7.78. The Morgan fingerprint density at radius 2 is 1.24 bits per heavy atom. The van der Waals surface area contributed by atoms with E-state index in [4.69, 9.17) is 23.7 Å². The zero-order valence-electron chi connectivity index (χ0n) is 46.4. The Labute approximate surface area is 397 Å². The van der Waals surface area contributed by atoms with Crippen molar-refractivity contribution >= 4 is 11.0 Å². The van der Waals surface area contributed by atoms with Gasteiger partial charge in [-0.05, 0) is 91.9 Å². The van der Waals surface area contributed by atoms with Crippen LogP contribution in [0.5, 0.6) is 5.75 Å². The molecule has 8 rings (SSSR count). The van der Waals surface area contributed by atoms with Crippen molar-refractivity contribution in [2.45, 2.75) is 98.1 Å². The van der Waals surface area contributed by atoms with Gasteiger partial charge in [-0.3, -0.25) is 9.55 Å². The number of aromatic hydroxyl groups is 1. The number of imidazole rings is 1. The predicted molar refractivity (Wildman–Crippen MR) is 257 cm³/mol. The molecule has 0 aliphatic heterocycles. The smallest absolute Gasteiger partial charge is 0.148 e. The number of pyridine rings is 1.